The van der Waals surface area contributed by atoms with Crippen LogP contribution in [0.25, 0.3) is 5.69 Å². The first-order valence-electron chi connectivity index (χ1n) is 11.4. The van der Waals surface area contributed by atoms with Gasteiger partial charge in [-0.2, -0.15) is 5.10 Å². The Morgan fingerprint density at radius 3 is 2.42 bits per heavy atom. The van der Waals surface area contributed by atoms with Crippen LogP contribution < -0.4 is 10.2 Å². The molecular weight excluding hydrogens is 382 g/mol. The van der Waals surface area contributed by atoms with Crippen LogP contribution in [-0.4, -0.2) is 53.9 Å². The second-order valence-corrected chi connectivity index (χ2v) is 8.68. The Kier molecular flexibility index (Phi) is 6.73. The summed E-state index contributed by atoms with van der Waals surface area (Å²) < 4.78 is 2.03. The zero-order chi connectivity index (χ0) is 21.8. The van der Waals surface area contributed by atoms with E-state index >= 15 is 0 Å². The molecule has 0 saturated carbocycles. The van der Waals surface area contributed by atoms with Crippen molar-refractivity contribution in [2.75, 3.05) is 44.2 Å². The number of aromatic nitrogens is 2. The van der Waals surface area contributed by atoms with E-state index in [1.165, 1.54) is 16.8 Å². The Hall–Kier alpha value is -2.63. The average molecular weight is 418 g/mol. The predicted molar refractivity (Wildman–Crippen MR) is 129 cm³/mol. The van der Waals surface area contributed by atoms with Gasteiger partial charge in [-0.05, 0) is 63.1 Å². The van der Waals surface area contributed by atoms with Crippen LogP contribution in [0.5, 0.6) is 0 Å². The number of rotatable bonds is 7. The standard InChI is InChI=1S/C26H35N5/c1-20-9-8-12-26(22(20)3)30-17-15-29(16-18-30)14-13-27-23(4)25-19-21(2)31(28-25)24-10-6-5-7-11-24/h5-12,19,23,27H,13-18H2,1-4H3. The number of benzene rings is 2. The maximum atomic E-state index is 4.84. The van der Waals surface area contributed by atoms with Gasteiger partial charge in [0.2, 0.25) is 0 Å². The first-order chi connectivity index (χ1) is 15.0. The molecule has 31 heavy (non-hydrogen) atoms. The summed E-state index contributed by atoms with van der Waals surface area (Å²) in [5.74, 6) is 0. The fraction of sp³-hybridized carbons (Fsp3) is 0.423. The highest BCUT2D eigenvalue weighted by atomic mass is 15.3. The van der Waals surface area contributed by atoms with Crippen molar-refractivity contribution in [2.24, 2.45) is 0 Å². The van der Waals surface area contributed by atoms with Gasteiger partial charge in [0.15, 0.2) is 0 Å². The Morgan fingerprint density at radius 1 is 0.935 bits per heavy atom. The molecule has 1 saturated heterocycles. The molecule has 1 aliphatic rings. The summed E-state index contributed by atoms with van der Waals surface area (Å²) in [5, 5.41) is 8.50. The molecule has 1 fully saturated rings. The Balaban J connectivity index is 1.25. The van der Waals surface area contributed by atoms with Crippen LogP contribution in [0.1, 0.15) is 35.5 Å². The van der Waals surface area contributed by atoms with Crippen LogP contribution in [0, 0.1) is 20.8 Å². The van der Waals surface area contributed by atoms with Gasteiger partial charge in [-0.3, -0.25) is 4.90 Å². The number of hydrogen-bond donors (Lipinski definition) is 1. The molecule has 5 nitrogen and oxygen atoms in total. The van der Waals surface area contributed by atoms with Crippen molar-refractivity contribution in [1.29, 1.82) is 0 Å². The minimum Gasteiger partial charge on any atom is -0.369 e. The maximum absolute atomic E-state index is 4.84. The van der Waals surface area contributed by atoms with E-state index < -0.39 is 0 Å². The van der Waals surface area contributed by atoms with Gasteiger partial charge in [0, 0.05) is 56.7 Å². The highest BCUT2D eigenvalue weighted by Crippen LogP contribution is 2.24. The SMILES string of the molecule is Cc1cccc(N2CCN(CCNC(C)c3cc(C)n(-c4ccccc4)n3)CC2)c1C. The summed E-state index contributed by atoms with van der Waals surface area (Å²) >= 11 is 0. The van der Waals surface area contributed by atoms with Crippen LogP contribution in [0.2, 0.25) is 0 Å². The minimum atomic E-state index is 0.236. The van der Waals surface area contributed by atoms with Crippen molar-refractivity contribution in [3.05, 3.63) is 77.1 Å². The van der Waals surface area contributed by atoms with E-state index in [0.29, 0.717) is 0 Å². The van der Waals surface area contributed by atoms with Crippen molar-refractivity contribution in [1.82, 2.24) is 20.0 Å². The van der Waals surface area contributed by atoms with Crippen molar-refractivity contribution < 1.29 is 0 Å². The van der Waals surface area contributed by atoms with E-state index in [-0.39, 0.29) is 6.04 Å². The zero-order valence-corrected chi connectivity index (χ0v) is 19.3. The smallest absolute Gasteiger partial charge is 0.0798 e. The second-order valence-electron chi connectivity index (χ2n) is 8.68. The number of piperazine rings is 1. The van der Waals surface area contributed by atoms with E-state index in [4.69, 9.17) is 5.10 Å². The molecule has 1 aromatic heterocycles. The topological polar surface area (TPSA) is 36.3 Å². The van der Waals surface area contributed by atoms with E-state index in [1.807, 2.05) is 10.7 Å². The van der Waals surface area contributed by atoms with Gasteiger partial charge in [0.05, 0.1) is 11.4 Å². The van der Waals surface area contributed by atoms with Crippen LogP contribution >= 0.6 is 0 Å². The van der Waals surface area contributed by atoms with Crippen LogP contribution in [0.3, 0.4) is 0 Å². The molecule has 1 unspecified atom stereocenters. The maximum Gasteiger partial charge on any atom is 0.0798 e. The third-order valence-corrected chi connectivity index (χ3v) is 6.52. The fourth-order valence-electron chi connectivity index (χ4n) is 4.37. The molecule has 2 heterocycles. The summed E-state index contributed by atoms with van der Waals surface area (Å²) in [5.41, 5.74) is 7.56. The molecule has 2 aromatic carbocycles. The summed E-state index contributed by atoms with van der Waals surface area (Å²) in [6, 6.07) is 19.4. The summed E-state index contributed by atoms with van der Waals surface area (Å²) in [7, 11) is 0. The molecule has 0 bridgehead atoms. The lowest BCUT2D eigenvalue weighted by Crippen LogP contribution is -2.48. The van der Waals surface area contributed by atoms with Crippen LogP contribution in [0.15, 0.2) is 54.6 Å². The Morgan fingerprint density at radius 2 is 1.68 bits per heavy atom. The largest absolute Gasteiger partial charge is 0.369 e. The van der Waals surface area contributed by atoms with Gasteiger partial charge in [0.1, 0.15) is 0 Å². The normalized spacial score (nSPS) is 15.9. The number of hydrogen-bond acceptors (Lipinski definition) is 4. The summed E-state index contributed by atoms with van der Waals surface area (Å²) in [4.78, 5) is 5.10. The van der Waals surface area contributed by atoms with E-state index in [1.54, 1.807) is 0 Å². The average Bonchev–Trinajstić information content (AvgIpc) is 3.18. The Bertz CT molecular complexity index is 986. The highest BCUT2D eigenvalue weighted by Gasteiger charge is 2.19. The molecule has 3 aromatic rings. The summed E-state index contributed by atoms with van der Waals surface area (Å²) in [6.45, 7) is 15.2. The molecule has 1 aliphatic heterocycles. The van der Waals surface area contributed by atoms with E-state index in [2.05, 4.69) is 91.3 Å². The van der Waals surface area contributed by atoms with Crippen molar-refractivity contribution in [3.63, 3.8) is 0 Å². The zero-order valence-electron chi connectivity index (χ0n) is 19.3. The van der Waals surface area contributed by atoms with Gasteiger partial charge >= 0.3 is 0 Å². The number of nitrogens with one attached hydrogen (secondary N) is 1. The van der Waals surface area contributed by atoms with Gasteiger partial charge in [-0.1, -0.05) is 30.3 Å². The quantitative estimate of drug-likeness (QED) is 0.623. The first-order valence-corrected chi connectivity index (χ1v) is 11.4. The van der Waals surface area contributed by atoms with Crippen LogP contribution in [0.4, 0.5) is 5.69 Å². The molecule has 1 atom stereocenters. The Labute approximate surface area is 186 Å². The molecule has 164 valence electrons. The molecule has 0 amide bonds. The van der Waals surface area contributed by atoms with Crippen molar-refractivity contribution in [3.8, 4) is 5.69 Å². The van der Waals surface area contributed by atoms with Gasteiger partial charge in [-0.15, -0.1) is 0 Å². The molecule has 4 rings (SSSR count). The van der Waals surface area contributed by atoms with E-state index in [0.717, 1.165) is 56.3 Å². The number of anilines is 1. The molecule has 0 radical (unpaired) electrons. The second kappa shape index (κ2) is 9.67. The molecule has 5 heteroatoms. The van der Waals surface area contributed by atoms with Crippen molar-refractivity contribution in [2.45, 2.75) is 33.7 Å². The minimum absolute atomic E-state index is 0.236. The number of para-hydroxylation sites is 1. The highest BCUT2D eigenvalue weighted by molar-refractivity contribution is 5.56. The lowest BCUT2D eigenvalue weighted by Gasteiger charge is -2.37. The first kappa shape index (κ1) is 21.6. The lowest BCUT2D eigenvalue weighted by atomic mass is 10.1. The van der Waals surface area contributed by atoms with E-state index in [9.17, 15) is 0 Å². The molecule has 0 spiro atoms. The number of nitrogens with zero attached hydrogens (tertiary/aromatic N) is 4. The predicted octanol–water partition coefficient (Wildman–Crippen LogP) is 4.27. The number of aryl methyl sites for hydroxylation is 2. The van der Waals surface area contributed by atoms with Gasteiger partial charge in [-0.25, -0.2) is 4.68 Å². The summed E-state index contributed by atoms with van der Waals surface area (Å²) in [6.07, 6.45) is 0. The third kappa shape index (κ3) is 5.00. The van der Waals surface area contributed by atoms with Crippen molar-refractivity contribution >= 4 is 5.69 Å². The van der Waals surface area contributed by atoms with Gasteiger partial charge in [0.25, 0.3) is 0 Å². The molecule has 0 aliphatic carbocycles. The molecular formula is C26H35N5. The lowest BCUT2D eigenvalue weighted by molar-refractivity contribution is 0.254. The monoisotopic (exact) mass is 417 g/mol. The fourth-order valence-corrected chi connectivity index (χ4v) is 4.37. The molecule has 1 N–H and O–H groups in total. The van der Waals surface area contributed by atoms with Crippen LogP contribution in [-0.2, 0) is 0 Å². The third-order valence-electron chi connectivity index (χ3n) is 6.52. The van der Waals surface area contributed by atoms with Gasteiger partial charge < -0.3 is 10.2 Å².